The van der Waals surface area contributed by atoms with Crippen molar-refractivity contribution in [3.05, 3.63) is 88.0 Å². The Morgan fingerprint density at radius 1 is 0.969 bits per heavy atom. The molecule has 0 fully saturated rings. The van der Waals surface area contributed by atoms with Crippen LogP contribution >= 0.6 is 0 Å². The summed E-state index contributed by atoms with van der Waals surface area (Å²) in [5, 5.41) is 8.89. The van der Waals surface area contributed by atoms with Crippen molar-refractivity contribution >= 4 is 5.97 Å². The van der Waals surface area contributed by atoms with Crippen molar-refractivity contribution in [1.29, 1.82) is 0 Å². The van der Waals surface area contributed by atoms with Crippen molar-refractivity contribution in [2.75, 3.05) is 6.61 Å². The quantitative estimate of drug-likeness (QED) is 0.489. The summed E-state index contributed by atoms with van der Waals surface area (Å²) in [5.74, 6) is -0.194. The Morgan fingerprint density at radius 3 is 2.25 bits per heavy atom. The van der Waals surface area contributed by atoms with Crippen LogP contribution in [-0.4, -0.2) is 23.8 Å². The number of hydrogen-bond donors (Lipinski definition) is 1. The van der Waals surface area contributed by atoms with Crippen molar-refractivity contribution < 1.29 is 19.4 Å². The average Bonchev–Trinajstić information content (AvgIpc) is 3.18. The van der Waals surface area contributed by atoms with Crippen molar-refractivity contribution in [2.24, 2.45) is 0 Å². The maximum atomic E-state index is 10.8. The first-order valence-corrected chi connectivity index (χ1v) is 11.1. The zero-order valence-corrected chi connectivity index (χ0v) is 19.0. The summed E-state index contributed by atoms with van der Waals surface area (Å²) >= 11 is 0. The van der Waals surface area contributed by atoms with Gasteiger partial charge in [0.25, 0.3) is 0 Å². The smallest absolute Gasteiger partial charge is 0.306 e. The van der Waals surface area contributed by atoms with Crippen LogP contribution in [0.25, 0.3) is 11.1 Å². The number of hydrogen-bond acceptors (Lipinski definition) is 3. The minimum Gasteiger partial charge on any atom is -0.493 e. The molecule has 0 bridgehead atoms. The van der Waals surface area contributed by atoms with Crippen LogP contribution in [0.4, 0.5) is 0 Å². The van der Waals surface area contributed by atoms with Crippen molar-refractivity contribution in [3.8, 4) is 16.9 Å². The minimum atomic E-state index is -0.864. The van der Waals surface area contributed by atoms with Gasteiger partial charge in [-0.05, 0) is 90.3 Å². The number of aliphatic carboxylic acids is 1. The molecule has 0 spiro atoms. The molecular formula is C28H30O4. The van der Waals surface area contributed by atoms with Gasteiger partial charge in [0.1, 0.15) is 5.75 Å². The third kappa shape index (κ3) is 5.03. The molecule has 0 aliphatic heterocycles. The summed E-state index contributed by atoms with van der Waals surface area (Å²) < 4.78 is 12.1. The second-order valence-corrected chi connectivity index (χ2v) is 8.66. The first kappa shape index (κ1) is 22.1. The lowest BCUT2D eigenvalue weighted by molar-refractivity contribution is -0.137. The molecule has 0 radical (unpaired) electrons. The highest BCUT2D eigenvalue weighted by atomic mass is 16.5. The Hall–Kier alpha value is -3.11. The number of rotatable bonds is 8. The van der Waals surface area contributed by atoms with Gasteiger partial charge in [-0.25, -0.2) is 0 Å². The number of carboxylic acid groups (broad SMARTS) is 1. The van der Waals surface area contributed by atoms with E-state index in [-0.39, 0.29) is 19.1 Å². The Balaban J connectivity index is 1.57. The van der Waals surface area contributed by atoms with Gasteiger partial charge in [-0.2, -0.15) is 0 Å². The van der Waals surface area contributed by atoms with Gasteiger partial charge in [-0.3, -0.25) is 4.79 Å². The van der Waals surface area contributed by atoms with E-state index in [1.807, 2.05) is 12.1 Å². The zero-order valence-electron chi connectivity index (χ0n) is 19.0. The molecular weight excluding hydrogens is 400 g/mol. The molecule has 4 nitrogen and oxygen atoms in total. The topological polar surface area (TPSA) is 55.8 Å². The van der Waals surface area contributed by atoms with Gasteiger partial charge in [0.15, 0.2) is 0 Å². The van der Waals surface area contributed by atoms with Crippen LogP contribution in [0.3, 0.4) is 0 Å². The molecule has 0 unspecified atom stereocenters. The zero-order chi connectivity index (χ0) is 22.7. The highest BCUT2D eigenvalue weighted by Crippen LogP contribution is 2.32. The molecule has 0 aromatic heterocycles. The SMILES string of the molecule is Cc1cc(-c2ccc(OCCC(=O)O)cc2COC2Cc3ccccc3C2)cc(C)c1C. The largest absolute Gasteiger partial charge is 0.493 e. The fraction of sp³-hybridized carbons (Fsp3) is 0.321. The fourth-order valence-corrected chi connectivity index (χ4v) is 4.35. The Morgan fingerprint density at radius 2 is 1.62 bits per heavy atom. The molecule has 0 saturated heterocycles. The standard InChI is InChI=1S/C28H30O4/c1-18-12-23(13-19(2)20(18)3)27-9-8-25(31-11-10-28(29)30)16-24(27)17-32-26-14-21-6-4-5-7-22(21)15-26/h4-9,12-13,16,26H,10-11,14-15,17H2,1-3H3,(H,29,30). The van der Waals surface area contributed by atoms with Crippen molar-refractivity contribution in [1.82, 2.24) is 0 Å². The summed E-state index contributed by atoms with van der Waals surface area (Å²) in [6, 6.07) is 18.9. The predicted molar refractivity (Wildman–Crippen MR) is 126 cm³/mol. The van der Waals surface area contributed by atoms with Gasteiger partial charge in [0, 0.05) is 0 Å². The van der Waals surface area contributed by atoms with Crippen LogP contribution in [0.1, 0.15) is 39.8 Å². The van der Waals surface area contributed by atoms with E-state index >= 15 is 0 Å². The first-order chi connectivity index (χ1) is 15.4. The Bertz CT molecular complexity index is 1080. The lowest BCUT2D eigenvalue weighted by Gasteiger charge is -2.17. The van der Waals surface area contributed by atoms with Crippen LogP contribution in [0.15, 0.2) is 54.6 Å². The summed E-state index contributed by atoms with van der Waals surface area (Å²) in [7, 11) is 0. The molecule has 1 N–H and O–H groups in total. The van der Waals surface area contributed by atoms with Crippen LogP contribution < -0.4 is 4.74 Å². The summed E-state index contributed by atoms with van der Waals surface area (Å²) in [6.45, 7) is 7.06. The number of carboxylic acids is 1. The van der Waals surface area contributed by atoms with Crippen molar-refractivity contribution in [2.45, 2.75) is 52.7 Å². The molecule has 32 heavy (non-hydrogen) atoms. The Labute approximate surface area is 189 Å². The first-order valence-electron chi connectivity index (χ1n) is 11.1. The fourth-order valence-electron chi connectivity index (χ4n) is 4.35. The summed E-state index contributed by atoms with van der Waals surface area (Å²) in [6.07, 6.45) is 2.01. The number of ether oxygens (including phenoxy) is 2. The normalized spacial score (nSPS) is 13.2. The molecule has 166 valence electrons. The van der Waals surface area contributed by atoms with Gasteiger partial charge in [0.05, 0.1) is 25.7 Å². The molecule has 0 heterocycles. The lowest BCUT2D eigenvalue weighted by atomic mass is 9.93. The third-order valence-corrected chi connectivity index (χ3v) is 6.39. The highest BCUT2D eigenvalue weighted by molar-refractivity contribution is 5.70. The third-order valence-electron chi connectivity index (χ3n) is 6.39. The van der Waals surface area contributed by atoms with Crippen molar-refractivity contribution in [3.63, 3.8) is 0 Å². The van der Waals surface area contributed by atoms with Gasteiger partial charge in [-0.15, -0.1) is 0 Å². The number of aryl methyl sites for hydroxylation is 2. The second-order valence-electron chi connectivity index (χ2n) is 8.66. The molecule has 3 aromatic rings. The van der Waals surface area contributed by atoms with E-state index in [2.05, 4.69) is 63.2 Å². The van der Waals surface area contributed by atoms with E-state index in [1.54, 1.807) is 0 Å². The lowest BCUT2D eigenvalue weighted by Crippen LogP contribution is -2.13. The van der Waals surface area contributed by atoms with Crippen LogP contribution in [0.2, 0.25) is 0 Å². The van der Waals surface area contributed by atoms with E-state index in [4.69, 9.17) is 14.6 Å². The van der Waals surface area contributed by atoms with Crippen LogP contribution in [0, 0.1) is 20.8 Å². The van der Waals surface area contributed by atoms with E-state index in [0.717, 1.165) is 29.5 Å². The molecule has 1 aliphatic carbocycles. The van der Waals surface area contributed by atoms with E-state index in [1.165, 1.54) is 27.8 Å². The van der Waals surface area contributed by atoms with E-state index in [9.17, 15) is 4.79 Å². The molecule has 1 aliphatic rings. The molecule has 0 amide bonds. The number of fused-ring (bicyclic) bond motifs is 1. The molecule has 0 saturated carbocycles. The number of benzene rings is 3. The second kappa shape index (κ2) is 9.58. The van der Waals surface area contributed by atoms with Gasteiger partial charge in [0.2, 0.25) is 0 Å². The van der Waals surface area contributed by atoms with Crippen LogP contribution in [0.5, 0.6) is 5.75 Å². The Kier molecular flexibility index (Phi) is 6.61. The van der Waals surface area contributed by atoms with Crippen LogP contribution in [-0.2, 0) is 29.0 Å². The average molecular weight is 431 g/mol. The van der Waals surface area contributed by atoms with Gasteiger partial charge >= 0.3 is 5.97 Å². The molecule has 3 aromatic carbocycles. The minimum absolute atomic E-state index is 0.0235. The maximum Gasteiger partial charge on any atom is 0.306 e. The molecule has 4 rings (SSSR count). The highest BCUT2D eigenvalue weighted by Gasteiger charge is 2.22. The molecule has 0 atom stereocenters. The summed E-state index contributed by atoms with van der Waals surface area (Å²) in [5.41, 5.74) is 9.91. The molecule has 4 heteroatoms. The van der Waals surface area contributed by atoms with E-state index in [0.29, 0.717) is 12.4 Å². The maximum absolute atomic E-state index is 10.8. The predicted octanol–water partition coefficient (Wildman–Crippen LogP) is 5.82. The summed E-state index contributed by atoms with van der Waals surface area (Å²) in [4.78, 5) is 10.8. The number of carbonyl (C=O) groups is 1. The van der Waals surface area contributed by atoms with Gasteiger partial charge < -0.3 is 14.6 Å². The van der Waals surface area contributed by atoms with E-state index < -0.39 is 5.97 Å². The monoisotopic (exact) mass is 430 g/mol. The van der Waals surface area contributed by atoms with Gasteiger partial charge in [-0.1, -0.05) is 42.5 Å².